The Morgan fingerprint density at radius 2 is 1.88 bits per heavy atom. The van der Waals surface area contributed by atoms with Gasteiger partial charge in [-0.2, -0.15) is 0 Å². The van der Waals surface area contributed by atoms with Gasteiger partial charge in [0.1, 0.15) is 0 Å². The molecule has 2 aliphatic rings. The molecular formula is C13H28N4. The molecule has 2 unspecified atom stereocenters. The summed E-state index contributed by atoms with van der Waals surface area (Å²) in [7, 11) is 2.23. The van der Waals surface area contributed by atoms with Gasteiger partial charge in [0, 0.05) is 50.8 Å². The SMILES string of the molecule is CCN1CCN(C2(CN)CC(C)N(C)C2)CC1. The number of rotatable bonds is 3. The van der Waals surface area contributed by atoms with Gasteiger partial charge in [0.2, 0.25) is 0 Å². The number of likely N-dealkylation sites (tertiary alicyclic amines) is 1. The van der Waals surface area contributed by atoms with Crippen molar-refractivity contribution < 1.29 is 0 Å². The molecule has 0 spiro atoms. The predicted octanol–water partition coefficient (Wildman–Crippen LogP) is 0.0454. The van der Waals surface area contributed by atoms with Gasteiger partial charge in [-0.15, -0.1) is 0 Å². The molecule has 2 atom stereocenters. The molecule has 0 aromatic rings. The molecule has 2 rings (SSSR count). The van der Waals surface area contributed by atoms with Crippen molar-refractivity contribution in [2.75, 3.05) is 52.9 Å². The fourth-order valence-electron chi connectivity index (χ4n) is 3.43. The average Bonchev–Trinajstić information content (AvgIpc) is 2.66. The second kappa shape index (κ2) is 5.22. The van der Waals surface area contributed by atoms with E-state index in [0.29, 0.717) is 6.04 Å². The first-order valence-corrected chi connectivity index (χ1v) is 6.99. The van der Waals surface area contributed by atoms with Gasteiger partial charge in [-0.1, -0.05) is 6.92 Å². The molecule has 4 nitrogen and oxygen atoms in total. The summed E-state index contributed by atoms with van der Waals surface area (Å²) >= 11 is 0. The van der Waals surface area contributed by atoms with Crippen LogP contribution in [0.4, 0.5) is 0 Å². The largest absolute Gasteiger partial charge is 0.329 e. The molecule has 4 heteroatoms. The van der Waals surface area contributed by atoms with Crippen LogP contribution in [0.5, 0.6) is 0 Å². The first-order chi connectivity index (χ1) is 8.11. The van der Waals surface area contributed by atoms with E-state index in [2.05, 4.69) is 35.6 Å². The van der Waals surface area contributed by atoms with Gasteiger partial charge in [-0.25, -0.2) is 0 Å². The minimum absolute atomic E-state index is 0.244. The van der Waals surface area contributed by atoms with Gasteiger partial charge in [0.25, 0.3) is 0 Å². The summed E-state index contributed by atoms with van der Waals surface area (Å²) in [5, 5.41) is 0. The van der Waals surface area contributed by atoms with Crippen LogP contribution in [0.3, 0.4) is 0 Å². The van der Waals surface area contributed by atoms with Crippen molar-refractivity contribution >= 4 is 0 Å². The van der Waals surface area contributed by atoms with Crippen LogP contribution < -0.4 is 5.73 Å². The second-order valence-electron chi connectivity index (χ2n) is 5.82. The summed E-state index contributed by atoms with van der Waals surface area (Å²) in [4.78, 5) is 7.64. The van der Waals surface area contributed by atoms with Gasteiger partial charge >= 0.3 is 0 Å². The Bertz CT molecular complexity index is 238. The lowest BCUT2D eigenvalue weighted by atomic mass is 9.93. The highest BCUT2D eigenvalue weighted by Crippen LogP contribution is 2.31. The van der Waals surface area contributed by atoms with Crippen LogP contribution in [-0.4, -0.2) is 79.1 Å². The number of nitrogens with two attached hydrogens (primary N) is 1. The molecule has 0 amide bonds. The minimum Gasteiger partial charge on any atom is -0.329 e. The maximum atomic E-state index is 6.11. The third-order valence-electron chi connectivity index (χ3n) is 4.84. The zero-order valence-electron chi connectivity index (χ0n) is 11.7. The quantitative estimate of drug-likeness (QED) is 0.756. The van der Waals surface area contributed by atoms with Crippen molar-refractivity contribution in [2.24, 2.45) is 5.73 Å². The average molecular weight is 240 g/mol. The van der Waals surface area contributed by atoms with Crippen molar-refractivity contribution in [3.05, 3.63) is 0 Å². The highest BCUT2D eigenvalue weighted by atomic mass is 15.3. The van der Waals surface area contributed by atoms with Crippen LogP contribution in [0.2, 0.25) is 0 Å². The maximum absolute atomic E-state index is 6.11. The van der Waals surface area contributed by atoms with E-state index in [9.17, 15) is 0 Å². The van der Waals surface area contributed by atoms with E-state index >= 15 is 0 Å². The predicted molar refractivity (Wildman–Crippen MR) is 72.2 cm³/mol. The van der Waals surface area contributed by atoms with Gasteiger partial charge in [-0.3, -0.25) is 4.90 Å². The Kier molecular flexibility index (Phi) is 4.08. The normalized spacial score (nSPS) is 37.8. The summed E-state index contributed by atoms with van der Waals surface area (Å²) in [6.45, 7) is 12.5. The van der Waals surface area contributed by atoms with E-state index in [-0.39, 0.29) is 5.54 Å². The topological polar surface area (TPSA) is 35.7 Å². The minimum atomic E-state index is 0.244. The Hall–Kier alpha value is -0.160. The molecule has 0 aromatic carbocycles. The fourth-order valence-corrected chi connectivity index (χ4v) is 3.43. The molecule has 0 radical (unpaired) electrons. The molecule has 0 saturated carbocycles. The molecule has 100 valence electrons. The Morgan fingerprint density at radius 3 is 2.29 bits per heavy atom. The third kappa shape index (κ3) is 2.50. The molecule has 17 heavy (non-hydrogen) atoms. The van der Waals surface area contributed by atoms with Gasteiger partial charge in [0.05, 0.1) is 0 Å². The molecule has 2 aliphatic heterocycles. The second-order valence-corrected chi connectivity index (χ2v) is 5.82. The molecule has 0 bridgehead atoms. The number of piperazine rings is 1. The lowest BCUT2D eigenvalue weighted by molar-refractivity contribution is 0.0438. The summed E-state index contributed by atoms with van der Waals surface area (Å²) < 4.78 is 0. The molecule has 0 aliphatic carbocycles. The smallest absolute Gasteiger partial charge is 0.0474 e. The monoisotopic (exact) mass is 240 g/mol. The lowest BCUT2D eigenvalue weighted by Gasteiger charge is -2.45. The number of nitrogens with zero attached hydrogens (tertiary/aromatic N) is 3. The summed E-state index contributed by atoms with van der Waals surface area (Å²) in [5.74, 6) is 0. The van der Waals surface area contributed by atoms with Crippen molar-refractivity contribution in [1.29, 1.82) is 0 Å². The molecule has 2 saturated heterocycles. The van der Waals surface area contributed by atoms with Gasteiger partial charge < -0.3 is 15.5 Å². The van der Waals surface area contributed by atoms with Crippen LogP contribution in [0.25, 0.3) is 0 Å². The van der Waals surface area contributed by atoms with E-state index in [1.54, 1.807) is 0 Å². The molecule has 2 N–H and O–H groups in total. The fraction of sp³-hybridized carbons (Fsp3) is 1.00. The molecule has 0 aromatic heterocycles. The standard InChI is InChI=1S/C13H28N4/c1-4-16-5-7-17(8-6-16)13(10-14)9-12(2)15(3)11-13/h12H,4-11,14H2,1-3H3. The number of hydrogen-bond donors (Lipinski definition) is 1. The van der Waals surface area contributed by atoms with Crippen LogP contribution in [0.15, 0.2) is 0 Å². The zero-order valence-corrected chi connectivity index (χ0v) is 11.7. The third-order valence-corrected chi connectivity index (χ3v) is 4.84. The van der Waals surface area contributed by atoms with Crippen LogP contribution in [-0.2, 0) is 0 Å². The first kappa shape index (κ1) is 13.3. The molecule has 2 fully saturated rings. The van der Waals surface area contributed by atoms with Crippen molar-refractivity contribution in [3.8, 4) is 0 Å². The van der Waals surface area contributed by atoms with Crippen molar-refractivity contribution in [1.82, 2.24) is 14.7 Å². The summed E-state index contributed by atoms with van der Waals surface area (Å²) in [6.07, 6.45) is 1.23. The van der Waals surface area contributed by atoms with Crippen LogP contribution in [0.1, 0.15) is 20.3 Å². The van der Waals surface area contributed by atoms with E-state index in [1.807, 2.05) is 0 Å². The van der Waals surface area contributed by atoms with Crippen molar-refractivity contribution in [3.63, 3.8) is 0 Å². The van der Waals surface area contributed by atoms with Crippen molar-refractivity contribution in [2.45, 2.75) is 31.8 Å². The molecule has 2 heterocycles. The Labute approximate surface area is 106 Å². The van der Waals surface area contributed by atoms with Crippen LogP contribution in [0, 0.1) is 0 Å². The Balaban J connectivity index is 2.00. The van der Waals surface area contributed by atoms with E-state index in [4.69, 9.17) is 5.73 Å². The molecular weight excluding hydrogens is 212 g/mol. The van der Waals surface area contributed by atoms with E-state index in [1.165, 1.54) is 39.1 Å². The number of likely N-dealkylation sites (N-methyl/N-ethyl adjacent to an activating group) is 2. The number of hydrogen-bond acceptors (Lipinski definition) is 4. The highest BCUT2D eigenvalue weighted by Gasteiger charge is 2.44. The summed E-state index contributed by atoms with van der Waals surface area (Å²) in [6, 6.07) is 0.669. The summed E-state index contributed by atoms with van der Waals surface area (Å²) in [5.41, 5.74) is 6.35. The van der Waals surface area contributed by atoms with E-state index < -0.39 is 0 Å². The van der Waals surface area contributed by atoms with Gasteiger partial charge in [-0.05, 0) is 26.9 Å². The Morgan fingerprint density at radius 1 is 1.24 bits per heavy atom. The first-order valence-electron chi connectivity index (χ1n) is 6.99. The maximum Gasteiger partial charge on any atom is 0.0474 e. The zero-order chi connectivity index (χ0) is 12.5. The van der Waals surface area contributed by atoms with Crippen LogP contribution >= 0.6 is 0 Å². The highest BCUT2D eigenvalue weighted by molar-refractivity contribution is 5.03. The van der Waals surface area contributed by atoms with Gasteiger partial charge in [0.15, 0.2) is 0 Å². The van der Waals surface area contributed by atoms with E-state index in [0.717, 1.165) is 13.1 Å². The lowest BCUT2D eigenvalue weighted by Crippen LogP contribution is -2.61.